The number of hydrogen-bond acceptors (Lipinski definition) is 9. The molecule has 1 rings (SSSR count). The van der Waals surface area contributed by atoms with Gasteiger partial charge in [-0.25, -0.2) is 4.79 Å². The minimum absolute atomic E-state index is 0.0880. The zero-order valence-electron chi connectivity index (χ0n) is 20.1. The number of hydrogen-bond donors (Lipinski definition) is 9. The third-order valence-corrected chi connectivity index (χ3v) is 5.07. The third-order valence-electron chi connectivity index (χ3n) is 5.07. The van der Waals surface area contributed by atoms with Crippen LogP contribution in [0.2, 0.25) is 0 Å². The molecule has 0 aliphatic carbocycles. The molecule has 12 N–H and O–H groups in total. The molecule has 16 heteroatoms. The number of carboxylic acids is 2. The number of aliphatic carboxylic acids is 2. The molecule has 0 saturated carbocycles. The number of rotatable bonds is 16. The maximum atomic E-state index is 13.0. The van der Waals surface area contributed by atoms with Crippen molar-refractivity contribution < 1.29 is 48.9 Å². The minimum atomic E-state index is -1.71. The first-order chi connectivity index (χ1) is 17.7. The molecule has 0 spiro atoms. The molecule has 0 heterocycles. The van der Waals surface area contributed by atoms with Gasteiger partial charge in [0, 0.05) is 12.8 Å². The lowest BCUT2D eigenvalue weighted by atomic mass is 10.0. The van der Waals surface area contributed by atoms with Gasteiger partial charge in [-0.2, -0.15) is 0 Å². The van der Waals surface area contributed by atoms with Crippen LogP contribution in [0.5, 0.6) is 5.75 Å². The lowest BCUT2D eigenvalue weighted by molar-refractivity contribution is -0.143. The van der Waals surface area contributed by atoms with Gasteiger partial charge in [-0.15, -0.1) is 0 Å². The summed E-state index contributed by atoms with van der Waals surface area (Å²) < 4.78 is 0. The molecule has 1 aromatic carbocycles. The van der Waals surface area contributed by atoms with Crippen LogP contribution >= 0.6 is 0 Å². The molecule has 0 aromatic heterocycles. The number of phenols is 1. The highest BCUT2D eigenvalue weighted by Gasteiger charge is 2.31. The largest absolute Gasteiger partial charge is 0.508 e. The molecule has 38 heavy (non-hydrogen) atoms. The summed E-state index contributed by atoms with van der Waals surface area (Å²) in [6.07, 6.45) is -2.53. The van der Waals surface area contributed by atoms with Gasteiger partial charge in [0.2, 0.25) is 29.5 Å². The second-order valence-corrected chi connectivity index (χ2v) is 8.27. The van der Waals surface area contributed by atoms with E-state index >= 15 is 0 Å². The molecular formula is C22H30N6O10. The highest BCUT2D eigenvalue weighted by molar-refractivity contribution is 5.95. The van der Waals surface area contributed by atoms with Crippen molar-refractivity contribution >= 4 is 41.5 Å². The third kappa shape index (κ3) is 11.3. The van der Waals surface area contributed by atoms with Crippen molar-refractivity contribution in [3.05, 3.63) is 29.8 Å². The Morgan fingerprint density at radius 2 is 1.24 bits per heavy atom. The average Bonchev–Trinajstić information content (AvgIpc) is 2.80. The fraction of sp³-hybridized carbons (Fsp3) is 0.409. The summed E-state index contributed by atoms with van der Waals surface area (Å²) in [6, 6.07) is -0.704. The number of primary amides is 2. The Morgan fingerprint density at radius 1 is 0.737 bits per heavy atom. The maximum absolute atomic E-state index is 13.0. The van der Waals surface area contributed by atoms with Crippen molar-refractivity contribution in [2.45, 2.75) is 56.3 Å². The monoisotopic (exact) mass is 538 g/mol. The molecule has 1 aromatic rings. The molecule has 16 nitrogen and oxygen atoms in total. The normalized spacial score (nSPS) is 13.7. The van der Waals surface area contributed by atoms with Gasteiger partial charge in [-0.3, -0.25) is 28.8 Å². The first kappa shape index (κ1) is 31.3. The number of amides is 5. The van der Waals surface area contributed by atoms with E-state index < -0.39 is 91.3 Å². The van der Waals surface area contributed by atoms with Crippen LogP contribution in [0.1, 0.15) is 31.2 Å². The van der Waals surface area contributed by atoms with E-state index in [1.165, 1.54) is 24.3 Å². The topological polar surface area (TPSA) is 294 Å². The number of nitrogens with one attached hydrogen (secondary N) is 3. The minimum Gasteiger partial charge on any atom is -0.508 e. The quantitative estimate of drug-likeness (QED) is 0.0990. The average molecular weight is 539 g/mol. The Balaban J connectivity index is 3.20. The molecule has 4 unspecified atom stereocenters. The maximum Gasteiger partial charge on any atom is 0.326 e. The van der Waals surface area contributed by atoms with Crippen LogP contribution in [-0.2, 0) is 40.0 Å². The molecule has 0 fully saturated rings. The smallest absolute Gasteiger partial charge is 0.326 e. The predicted octanol–water partition coefficient (Wildman–Crippen LogP) is -3.58. The predicted molar refractivity (Wildman–Crippen MR) is 128 cm³/mol. The van der Waals surface area contributed by atoms with E-state index in [1.807, 2.05) is 0 Å². The van der Waals surface area contributed by atoms with Gasteiger partial charge in [0.05, 0.1) is 18.9 Å². The van der Waals surface area contributed by atoms with Crippen LogP contribution in [0.3, 0.4) is 0 Å². The van der Waals surface area contributed by atoms with Crippen LogP contribution in [-0.4, -0.2) is 81.0 Å². The fourth-order valence-electron chi connectivity index (χ4n) is 3.15. The van der Waals surface area contributed by atoms with Crippen LogP contribution in [0.25, 0.3) is 0 Å². The van der Waals surface area contributed by atoms with Gasteiger partial charge in [0.1, 0.15) is 23.9 Å². The fourth-order valence-corrected chi connectivity index (χ4v) is 3.15. The lowest BCUT2D eigenvalue weighted by Gasteiger charge is -2.25. The summed E-state index contributed by atoms with van der Waals surface area (Å²) in [7, 11) is 0. The Labute approximate surface area is 215 Å². The molecule has 0 radical (unpaired) electrons. The van der Waals surface area contributed by atoms with E-state index in [2.05, 4.69) is 16.0 Å². The molecule has 0 saturated heterocycles. The number of aromatic hydroxyl groups is 1. The van der Waals surface area contributed by atoms with Crippen molar-refractivity contribution in [3.63, 3.8) is 0 Å². The Bertz CT molecular complexity index is 1060. The Kier molecular flexibility index (Phi) is 12.1. The van der Waals surface area contributed by atoms with Gasteiger partial charge in [0.15, 0.2) is 0 Å². The van der Waals surface area contributed by atoms with E-state index in [0.29, 0.717) is 5.56 Å². The van der Waals surface area contributed by atoms with Crippen LogP contribution in [0.15, 0.2) is 24.3 Å². The van der Waals surface area contributed by atoms with Crippen molar-refractivity contribution in [1.82, 2.24) is 16.0 Å². The number of nitrogens with two attached hydrogens (primary N) is 3. The van der Waals surface area contributed by atoms with E-state index in [0.717, 1.165) is 0 Å². The Hall–Kier alpha value is -4.73. The Morgan fingerprint density at radius 3 is 1.74 bits per heavy atom. The number of carbonyl (C=O) groups excluding carboxylic acids is 5. The summed E-state index contributed by atoms with van der Waals surface area (Å²) in [4.78, 5) is 83.0. The first-order valence-corrected chi connectivity index (χ1v) is 11.1. The lowest BCUT2D eigenvalue weighted by Crippen LogP contribution is -2.58. The van der Waals surface area contributed by atoms with Crippen molar-refractivity contribution in [3.8, 4) is 5.75 Å². The number of phenolic OH excluding ortho intramolecular Hbond substituents is 1. The van der Waals surface area contributed by atoms with E-state index in [-0.39, 0.29) is 12.2 Å². The van der Waals surface area contributed by atoms with E-state index in [1.54, 1.807) is 0 Å². The molecule has 4 atom stereocenters. The van der Waals surface area contributed by atoms with Gasteiger partial charge in [0.25, 0.3) is 0 Å². The molecule has 208 valence electrons. The second kappa shape index (κ2) is 14.7. The van der Waals surface area contributed by atoms with Crippen molar-refractivity contribution in [2.24, 2.45) is 17.2 Å². The highest BCUT2D eigenvalue weighted by Crippen LogP contribution is 2.12. The van der Waals surface area contributed by atoms with Crippen LogP contribution < -0.4 is 33.2 Å². The first-order valence-electron chi connectivity index (χ1n) is 11.1. The van der Waals surface area contributed by atoms with Crippen molar-refractivity contribution in [1.29, 1.82) is 0 Å². The second-order valence-electron chi connectivity index (χ2n) is 8.27. The number of benzene rings is 1. The summed E-state index contributed by atoms with van der Waals surface area (Å²) in [5, 5.41) is 34.4. The van der Waals surface area contributed by atoms with Crippen LogP contribution in [0.4, 0.5) is 0 Å². The highest BCUT2D eigenvalue weighted by atomic mass is 16.4. The van der Waals surface area contributed by atoms with Gasteiger partial charge in [-0.05, 0) is 24.1 Å². The van der Waals surface area contributed by atoms with Gasteiger partial charge >= 0.3 is 11.9 Å². The van der Waals surface area contributed by atoms with E-state index in [4.69, 9.17) is 22.3 Å². The summed E-state index contributed by atoms with van der Waals surface area (Å²) >= 11 is 0. The summed E-state index contributed by atoms with van der Waals surface area (Å²) in [5.41, 5.74) is 16.0. The van der Waals surface area contributed by atoms with Gasteiger partial charge in [-0.1, -0.05) is 12.1 Å². The standard InChI is InChI=1S/C22H30N6O10/c23-12(8-16(24)30)19(34)26-13(5-6-18(32)33)20(35)27-14(7-10-1-3-11(29)4-2-10)21(36)28-15(22(37)38)9-17(25)31/h1-4,12-15,29H,5-9,23H2,(H2,24,30)(H2,25,31)(H,26,34)(H,27,35)(H,28,36)(H,32,33)(H,37,38). The summed E-state index contributed by atoms with van der Waals surface area (Å²) in [6.45, 7) is 0. The van der Waals surface area contributed by atoms with Gasteiger partial charge < -0.3 is 48.5 Å². The molecule has 0 aliphatic heterocycles. The summed E-state index contributed by atoms with van der Waals surface area (Å²) in [5.74, 6) is -7.90. The molecule has 5 amide bonds. The number of carboxylic acid groups (broad SMARTS) is 2. The molecular weight excluding hydrogens is 508 g/mol. The molecule has 0 aliphatic rings. The van der Waals surface area contributed by atoms with Crippen molar-refractivity contribution in [2.75, 3.05) is 0 Å². The molecule has 0 bridgehead atoms. The number of carbonyl (C=O) groups is 7. The SMILES string of the molecule is NC(=O)CC(N)C(=O)NC(CCC(=O)O)C(=O)NC(Cc1ccc(O)cc1)C(=O)NC(CC(N)=O)C(=O)O. The zero-order chi connectivity index (χ0) is 29.0. The van der Waals surface area contributed by atoms with E-state index in [9.17, 15) is 43.8 Å². The van der Waals surface area contributed by atoms with Crippen LogP contribution in [0, 0.1) is 0 Å². The zero-order valence-corrected chi connectivity index (χ0v) is 20.1.